The summed E-state index contributed by atoms with van der Waals surface area (Å²) in [4.78, 5) is 10.8. The van der Waals surface area contributed by atoms with E-state index in [1.54, 1.807) is 13.8 Å². The van der Waals surface area contributed by atoms with Gasteiger partial charge in [0.25, 0.3) is 0 Å². The molecular formula is C9H10F5N3O. The second-order valence-corrected chi connectivity index (χ2v) is 3.89. The van der Waals surface area contributed by atoms with Crippen LogP contribution in [0.5, 0.6) is 0 Å². The maximum absolute atomic E-state index is 12.6. The Morgan fingerprint density at radius 3 is 2.28 bits per heavy atom. The molecule has 0 unspecified atom stereocenters. The maximum atomic E-state index is 12.6. The van der Waals surface area contributed by atoms with Crippen molar-refractivity contribution >= 4 is 11.7 Å². The van der Waals surface area contributed by atoms with E-state index < -0.39 is 18.0 Å². The van der Waals surface area contributed by atoms with Gasteiger partial charge in [-0.2, -0.15) is 27.1 Å². The molecule has 0 spiro atoms. The SMILES string of the molecule is CC(C)c1cc(NC(=O)C(F)(F)C(F)(F)F)n[nH]1. The number of aromatic nitrogens is 2. The van der Waals surface area contributed by atoms with Gasteiger partial charge in [0.2, 0.25) is 0 Å². The number of alkyl halides is 5. The van der Waals surface area contributed by atoms with Gasteiger partial charge in [0.05, 0.1) is 0 Å². The highest BCUT2D eigenvalue weighted by Gasteiger charge is 2.63. The molecule has 18 heavy (non-hydrogen) atoms. The Labute approximate surface area is 98.6 Å². The molecule has 0 radical (unpaired) electrons. The zero-order valence-electron chi connectivity index (χ0n) is 9.40. The zero-order valence-corrected chi connectivity index (χ0v) is 9.40. The molecule has 0 atom stereocenters. The van der Waals surface area contributed by atoms with Crippen molar-refractivity contribution in [3.63, 3.8) is 0 Å². The van der Waals surface area contributed by atoms with E-state index in [9.17, 15) is 26.7 Å². The summed E-state index contributed by atoms with van der Waals surface area (Å²) in [6.07, 6.45) is -5.94. The molecule has 0 saturated carbocycles. The van der Waals surface area contributed by atoms with E-state index in [0.717, 1.165) is 0 Å². The minimum absolute atomic E-state index is 0.0359. The van der Waals surface area contributed by atoms with Gasteiger partial charge in [-0.15, -0.1) is 0 Å². The molecule has 1 aromatic heterocycles. The summed E-state index contributed by atoms with van der Waals surface area (Å²) in [7, 11) is 0. The average Bonchev–Trinajstić information content (AvgIpc) is 2.64. The zero-order chi connectivity index (χ0) is 14.1. The van der Waals surface area contributed by atoms with Gasteiger partial charge in [-0.05, 0) is 5.92 Å². The van der Waals surface area contributed by atoms with Crippen molar-refractivity contribution in [2.24, 2.45) is 0 Å². The standard InChI is InChI=1S/C9H10F5N3O/c1-4(2)5-3-6(17-16-5)15-7(18)8(10,11)9(12,13)14/h3-4H,1-2H3,(H2,15,16,17,18). The Kier molecular flexibility index (Phi) is 3.63. The summed E-state index contributed by atoms with van der Waals surface area (Å²) in [6, 6.07) is 1.19. The average molecular weight is 271 g/mol. The second-order valence-electron chi connectivity index (χ2n) is 3.89. The van der Waals surface area contributed by atoms with Crippen molar-refractivity contribution in [3.8, 4) is 0 Å². The second kappa shape index (κ2) is 4.54. The van der Waals surface area contributed by atoms with E-state index in [-0.39, 0.29) is 11.7 Å². The minimum atomic E-state index is -5.94. The van der Waals surface area contributed by atoms with Crippen LogP contribution in [0.15, 0.2) is 6.07 Å². The Morgan fingerprint density at radius 1 is 1.33 bits per heavy atom. The van der Waals surface area contributed by atoms with Crippen molar-refractivity contribution in [1.82, 2.24) is 10.2 Å². The number of halogens is 5. The summed E-state index contributed by atoms with van der Waals surface area (Å²) in [6.45, 7) is 3.51. The number of carbonyl (C=O) groups is 1. The number of rotatable bonds is 3. The van der Waals surface area contributed by atoms with Crippen LogP contribution in [-0.4, -0.2) is 28.2 Å². The van der Waals surface area contributed by atoms with Crippen LogP contribution in [0, 0.1) is 0 Å². The number of nitrogens with one attached hydrogen (secondary N) is 2. The van der Waals surface area contributed by atoms with Crippen molar-refractivity contribution in [2.45, 2.75) is 31.9 Å². The summed E-state index contributed by atoms with van der Waals surface area (Å²) >= 11 is 0. The normalized spacial score (nSPS) is 12.9. The van der Waals surface area contributed by atoms with Crippen LogP contribution in [0.4, 0.5) is 27.8 Å². The van der Waals surface area contributed by atoms with Gasteiger partial charge in [0.15, 0.2) is 5.82 Å². The molecular weight excluding hydrogens is 261 g/mol. The number of H-pyrrole nitrogens is 1. The number of anilines is 1. The lowest BCUT2D eigenvalue weighted by atomic mass is 10.1. The Bertz CT molecular complexity index is 438. The monoisotopic (exact) mass is 271 g/mol. The third kappa shape index (κ3) is 2.77. The maximum Gasteiger partial charge on any atom is 0.463 e. The fraction of sp³-hybridized carbons (Fsp3) is 0.556. The molecule has 0 saturated heterocycles. The fourth-order valence-corrected chi connectivity index (χ4v) is 1.02. The summed E-state index contributed by atoms with van der Waals surface area (Å²) in [5.41, 5.74) is 0.501. The van der Waals surface area contributed by atoms with E-state index in [1.165, 1.54) is 11.4 Å². The first kappa shape index (κ1) is 14.4. The van der Waals surface area contributed by atoms with Crippen molar-refractivity contribution in [2.75, 3.05) is 5.32 Å². The third-order valence-electron chi connectivity index (χ3n) is 2.10. The van der Waals surface area contributed by atoms with Crippen LogP contribution < -0.4 is 5.32 Å². The van der Waals surface area contributed by atoms with E-state index in [2.05, 4.69) is 10.2 Å². The van der Waals surface area contributed by atoms with Gasteiger partial charge in [-0.1, -0.05) is 13.8 Å². The Balaban J connectivity index is 2.82. The number of amides is 1. The molecule has 0 aliphatic heterocycles. The predicted molar refractivity (Wildman–Crippen MR) is 52.3 cm³/mol. The molecule has 9 heteroatoms. The molecule has 4 nitrogen and oxygen atoms in total. The summed E-state index contributed by atoms with van der Waals surface area (Å²) < 4.78 is 60.8. The fourth-order valence-electron chi connectivity index (χ4n) is 1.02. The third-order valence-corrected chi connectivity index (χ3v) is 2.10. The van der Waals surface area contributed by atoms with Gasteiger partial charge < -0.3 is 5.32 Å². The summed E-state index contributed by atoms with van der Waals surface area (Å²) in [5.74, 6) is -8.33. The van der Waals surface area contributed by atoms with Crippen LogP contribution in [0.3, 0.4) is 0 Å². The Morgan fingerprint density at radius 2 is 1.89 bits per heavy atom. The molecule has 0 aliphatic carbocycles. The molecule has 102 valence electrons. The van der Waals surface area contributed by atoms with E-state index >= 15 is 0 Å². The number of hydrogen-bond donors (Lipinski definition) is 2. The molecule has 1 aromatic rings. The van der Waals surface area contributed by atoms with Crippen LogP contribution in [0.1, 0.15) is 25.5 Å². The highest BCUT2D eigenvalue weighted by atomic mass is 19.4. The quantitative estimate of drug-likeness (QED) is 0.830. The highest BCUT2D eigenvalue weighted by molar-refractivity contribution is 5.96. The molecule has 0 fully saturated rings. The highest BCUT2D eigenvalue weighted by Crippen LogP contribution is 2.36. The van der Waals surface area contributed by atoms with Gasteiger partial charge >= 0.3 is 18.0 Å². The molecule has 1 rings (SSSR count). The lowest BCUT2D eigenvalue weighted by Crippen LogP contribution is -2.47. The predicted octanol–water partition coefficient (Wildman–Crippen LogP) is 2.67. The minimum Gasteiger partial charge on any atom is -0.304 e. The van der Waals surface area contributed by atoms with Gasteiger partial charge in [-0.25, -0.2) is 0 Å². The first-order valence-corrected chi connectivity index (χ1v) is 4.87. The van der Waals surface area contributed by atoms with Crippen LogP contribution >= 0.6 is 0 Å². The number of nitrogens with zero attached hydrogens (tertiary/aromatic N) is 1. The molecule has 0 aliphatic rings. The van der Waals surface area contributed by atoms with Gasteiger partial charge in [0.1, 0.15) is 0 Å². The van der Waals surface area contributed by atoms with Crippen LogP contribution in [-0.2, 0) is 4.79 Å². The Hall–Kier alpha value is -1.67. The van der Waals surface area contributed by atoms with Crippen molar-refractivity contribution < 1.29 is 26.7 Å². The lowest BCUT2D eigenvalue weighted by Gasteiger charge is -2.17. The summed E-state index contributed by atoms with van der Waals surface area (Å²) in [5, 5.41) is 7.24. The van der Waals surface area contributed by atoms with Crippen molar-refractivity contribution in [3.05, 3.63) is 11.8 Å². The van der Waals surface area contributed by atoms with Crippen LogP contribution in [0.2, 0.25) is 0 Å². The first-order valence-electron chi connectivity index (χ1n) is 4.87. The van der Waals surface area contributed by atoms with Crippen molar-refractivity contribution in [1.29, 1.82) is 0 Å². The number of aromatic amines is 1. The van der Waals surface area contributed by atoms with Gasteiger partial charge in [0, 0.05) is 11.8 Å². The largest absolute Gasteiger partial charge is 0.463 e. The van der Waals surface area contributed by atoms with E-state index in [1.807, 2.05) is 0 Å². The topological polar surface area (TPSA) is 57.8 Å². The number of carbonyl (C=O) groups excluding carboxylic acids is 1. The van der Waals surface area contributed by atoms with Crippen LogP contribution in [0.25, 0.3) is 0 Å². The van der Waals surface area contributed by atoms with E-state index in [4.69, 9.17) is 0 Å². The molecule has 1 heterocycles. The van der Waals surface area contributed by atoms with E-state index in [0.29, 0.717) is 5.69 Å². The smallest absolute Gasteiger partial charge is 0.304 e. The molecule has 1 amide bonds. The molecule has 0 bridgehead atoms. The number of hydrogen-bond acceptors (Lipinski definition) is 2. The first-order chi connectivity index (χ1) is 8.05. The molecule has 0 aromatic carbocycles. The lowest BCUT2D eigenvalue weighted by molar-refractivity contribution is -0.267. The molecule has 2 N–H and O–H groups in total. The van der Waals surface area contributed by atoms with Gasteiger partial charge in [-0.3, -0.25) is 9.89 Å².